The van der Waals surface area contributed by atoms with Gasteiger partial charge in [0.05, 0.1) is 6.04 Å². The van der Waals surface area contributed by atoms with Gasteiger partial charge in [-0.05, 0) is 43.6 Å². The molecule has 2 fully saturated rings. The standard InChI is InChI=1S/C48H81N11O18/c1-22(2)13-10-8-9-11-14-28(61)75-36(24(5)6)31(56-41(66)30(25-15-19-53-46(50)54-25)58-47(71)57-29(23(3)4)43(67)68)40(65)52-18-12-17-51-32(44(69)70)37(77-45-39(73-7)33(62)26(21-49)74-45)38-34(63)35(64)42(76-38)59-20-16-27(60)55-48(59)72/h16,20,22-26,29-39,42,45,51,62-64H,8-15,17-19,21,49H2,1-7H3,(H,52,65)(H,56,66)(H,67,68)(H,69,70)(H3,50,53,54)(H,55,60,72)(H2,57,58,71). The molecule has 15 atom stereocenters. The van der Waals surface area contributed by atoms with E-state index >= 15 is 0 Å². The maximum atomic E-state index is 14.5. The second-order valence-electron chi connectivity index (χ2n) is 20.5. The molecule has 0 bridgehead atoms. The van der Waals surface area contributed by atoms with Crippen molar-refractivity contribution < 1.29 is 78.0 Å². The molecule has 1 aromatic heterocycles. The Hall–Kier alpha value is -5.79. The molecule has 29 heteroatoms. The van der Waals surface area contributed by atoms with Gasteiger partial charge in [0, 0.05) is 45.4 Å². The van der Waals surface area contributed by atoms with Crippen LogP contribution in [-0.4, -0.2) is 195 Å². The molecule has 0 saturated carbocycles. The number of aliphatic hydroxyl groups is 3. The number of carboxylic acids is 2. The summed E-state index contributed by atoms with van der Waals surface area (Å²) < 4.78 is 29.9. The summed E-state index contributed by atoms with van der Waals surface area (Å²) in [6.45, 7) is 10.2. The summed E-state index contributed by atoms with van der Waals surface area (Å²) >= 11 is 0. The van der Waals surface area contributed by atoms with E-state index in [1.165, 1.54) is 7.11 Å². The zero-order chi connectivity index (χ0) is 57.3. The lowest BCUT2D eigenvalue weighted by Crippen LogP contribution is -2.66. The normalized spacial score (nSPS) is 25.7. The predicted molar refractivity (Wildman–Crippen MR) is 273 cm³/mol. The maximum absolute atomic E-state index is 14.5. The average Bonchev–Trinajstić information content (AvgIpc) is 3.83. The molecule has 4 amide bonds. The third kappa shape index (κ3) is 18.1. The minimum atomic E-state index is -1.93. The molecule has 0 radical (unpaired) electrons. The summed E-state index contributed by atoms with van der Waals surface area (Å²) in [6.07, 6.45) is -10.1. The number of guanidine groups is 1. The number of aliphatic hydroxyl groups excluding tert-OH is 3. The summed E-state index contributed by atoms with van der Waals surface area (Å²) in [5, 5.41) is 69.6. The van der Waals surface area contributed by atoms with Gasteiger partial charge in [-0.15, -0.1) is 0 Å². The Balaban J connectivity index is 1.59. The van der Waals surface area contributed by atoms with Gasteiger partial charge >= 0.3 is 29.6 Å². The minimum absolute atomic E-state index is 0.0191. The molecular formula is C48H81N11O18. The van der Waals surface area contributed by atoms with Crippen LogP contribution in [0.3, 0.4) is 0 Å². The van der Waals surface area contributed by atoms with E-state index in [0.717, 1.165) is 42.5 Å². The van der Waals surface area contributed by atoms with E-state index < -0.39 is 150 Å². The molecule has 16 N–H and O–H groups in total. The van der Waals surface area contributed by atoms with Crippen molar-refractivity contribution in [3.05, 3.63) is 33.1 Å². The fourth-order valence-electron chi connectivity index (χ4n) is 9.17. The zero-order valence-corrected chi connectivity index (χ0v) is 44.6. The molecule has 4 rings (SSSR count). The number of rotatable bonds is 31. The number of esters is 1. The number of hydrogen-bond acceptors (Lipinski definition) is 21. The van der Waals surface area contributed by atoms with Crippen molar-refractivity contribution in [2.75, 3.05) is 33.3 Å². The second-order valence-corrected chi connectivity index (χ2v) is 20.5. The highest BCUT2D eigenvalue weighted by atomic mass is 16.7. The highest BCUT2D eigenvalue weighted by molar-refractivity contribution is 5.94. The van der Waals surface area contributed by atoms with Crippen molar-refractivity contribution in [2.45, 2.75) is 184 Å². The Labute approximate surface area is 445 Å². The number of nitrogens with one attached hydrogen (secondary N) is 7. The monoisotopic (exact) mass is 1100 g/mol. The lowest BCUT2D eigenvalue weighted by molar-refractivity contribution is -0.231. The number of carbonyl (C=O) groups excluding carboxylic acids is 4. The first-order chi connectivity index (χ1) is 36.4. The predicted octanol–water partition coefficient (Wildman–Crippen LogP) is -3.35. The topological polar surface area (TPSA) is 441 Å². The smallest absolute Gasteiger partial charge is 0.330 e. The molecule has 1 aromatic rings. The Kier molecular flexibility index (Phi) is 25.2. The molecule has 3 aliphatic heterocycles. The fraction of sp³-hybridized carbons (Fsp3) is 0.771. The first-order valence-corrected chi connectivity index (χ1v) is 26.0. The summed E-state index contributed by atoms with van der Waals surface area (Å²) in [7, 11) is 1.23. The van der Waals surface area contributed by atoms with Crippen LogP contribution in [-0.2, 0) is 47.7 Å². The first-order valence-electron chi connectivity index (χ1n) is 26.0. The van der Waals surface area contributed by atoms with Gasteiger partial charge in [0.15, 0.2) is 18.5 Å². The highest BCUT2D eigenvalue weighted by Crippen LogP contribution is 2.35. The Morgan fingerprint density at radius 3 is 2.13 bits per heavy atom. The number of aromatic nitrogens is 2. The SMILES string of the molecule is COC1C(OC(C(NCCCNC(=O)C(NC(=O)C(NC(=O)NC(C(=O)O)C(C)C)C2CCN=C(N)N2)C(OC(=O)CCCCCCC(C)C)C(C)C)C(=O)O)C2OC(n3ccc(=O)[nH]c3=O)C(O)C2O)OC(CN)C1O. The number of carboxylic acid groups (broad SMARTS) is 2. The molecule has 29 nitrogen and oxygen atoms in total. The number of aliphatic imine (C=N–C) groups is 1. The van der Waals surface area contributed by atoms with Crippen LogP contribution in [0.5, 0.6) is 0 Å². The van der Waals surface area contributed by atoms with Crippen LogP contribution in [0, 0.1) is 17.8 Å². The number of nitrogens with two attached hydrogens (primary N) is 2. The van der Waals surface area contributed by atoms with Crippen LogP contribution in [0.4, 0.5) is 4.79 Å². The summed E-state index contributed by atoms with van der Waals surface area (Å²) in [5.74, 6) is -5.97. The van der Waals surface area contributed by atoms with Crippen LogP contribution in [0.1, 0.15) is 99.1 Å². The molecule has 15 unspecified atom stereocenters. The van der Waals surface area contributed by atoms with Gasteiger partial charge in [0.2, 0.25) is 11.8 Å². The summed E-state index contributed by atoms with van der Waals surface area (Å²) in [5.41, 5.74) is 9.96. The van der Waals surface area contributed by atoms with E-state index in [1.54, 1.807) is 27.7 Å². The lowest BCUT2D eigenvalue weighted by atomic mass is 9.96. The van der Waals surface area contributed by atoms with Crippen molar-refractivity contribution in [2.24, 2.45) is 34.2 Å². The number of aromatic amines is 1. The van der Waals surface area contributed by atoms with Gasteiger partial charge in [-0.3, -0.25) is 38.5 Å². The fourth-order valence-corrected chi connectivity index (χ4v) is 9.17. The van der Waals surface area contributed by atoms with Gasteiger partial charge in [0.1, 0.15) is 73.0 Å². The van der Waals surface area contributed by atoms with Crippen molar-refractivity contribution in [3.63, 3.8) is 0 Å². The largest absolute Gasteiger partial charge is 0.480 e. The van der Waals surface area contributed by atoms with Gasteiger partial charge in [-0.1, -0.05) is 67.2 Å². The third-order valence-corrected chi connectivity index (χ3v) is 13.4. The molecule has 0 spiro atoms. The second kappa shape index (κ2) is 30.4. The van der Waals surface area contributed by atoms with Gasteiger partial charge in [0.25, 0.3) is 5.56 Å². The number of nitrogens with zero attached hydrogens (tertiary/aromatic N) is 2. The number of urea groups is 1. The molecule has 2 saturated heterocycles. The van der Waals surface area contributed by atoms with Crippen molar-refractivity contribution in [3.8, 4) is 0 Å². The number of aliphatic carboxylic acids is 2. The van der Waals surface area contributed by atoms with Gasteiger partial charge in [-0.25, -0.2) is 14.4 Å². The van der Waals surface area contributed by atoms with Crippen LogP contribution in [0.15, 0.2) is 26.8 Å². The molecule has 436 valence electrons. The first kappa shape index (κ1) is 63.7. The molecule has 77 heavy (non-hydrogen) atoms. The van der Waals surface area contributed by atoms with Crippen molar-refractivity contribution in [1.82, 2.24) is 41.5 Å². The van der Waals surface area contributed by atoms with Crippen LogP contribution >= 0.6 is 0 Å². The molecule has 3 aliphatic rings. The highest BCUT2D eigenvalue weighted by Gasteiger charge is 2.54. The Morgan fingerprint density at radius 2 is 1.53 bits per heavy atom. The van der Waals surface area contributed by atoms with E-state index in [-0.39, 0.29) is 51.4 Å². The maximum Gasteiger partial charge on any atom is 0.330 e. The van der Waals surface area contributed by atoms with Gasteiger partial charge in [-0.2, -0.15) is 0 Å². The number of unbranched alkanes of at least 4 members (excludes halogenated alkanes) is 3. The van der Waals surface area contributed by atoms with E-state index in [1.807, 2.05) is 4.98 Å². The number of carbonyl (C=O) groups is 6. The zero-order valence-electron chi connectivity index (χ0n) is 44.6. The van der Waals surface area contributed by atoms with Crippen LogP contribution in [0.2, 0.25) is 0 Å². The number of amides is 4. The van der Waals surface area contributed by atoms with Crippen molar-refractivity contribution >= 4 is 41.7 Å². The Bertz CT molecular complexity index is 2270. The molecule has 0 aromatic carbocycles. The third-order valence-electron chi connectivity index (χ3n) is 13.4. The summed E-state index contributed by atoms with van der Waals surface area (Å²) in [6, 6.07) is -7.25. The number of ether oxygens (including phenoxy) is 5. The summed E-state index contributed by atoms with van der Waals surface area (Å²) in [4.78, 5) is 111. The van der Waals surface area contributed by atoms with E-state index in [9.17, 15) is 63.9 Å². The number of hydrogen-bond donors (Lipinski definition) is 14. The van der Waals surface area contributed by atoms with Crippen molar-refractivity contribution in [1.29, 1.82) is 0 Å². The van der Waals surface area contributed by atoms with Crippen LogP contribution in [0.25, 0.3) is 0 Å². The number of methoxy groups -OCH3 is 1. The van der Waals surface area contributed by atoms with E-state index in [0.29, 0.717) is 12.3 Å². The van der Waals surface area contributed by atoms with E-state index in [2.05, 4.69) is 50.7 Å². The molecular weight excluding hydrogens is 1020 g/mol. The Morgan fingerprint density at radius 1 is 0.844 bits per heavy atom. The molecule has 4 heterocycles. The quantitative estimate of drug-likeness (QED) is 0.0255. The average molecular weight is 1100 g/mol. The minimum Gasteiger partial charge on any atom is -0.480 e. The van der Waals surface area contributed by atoms with Crippen LogP contribution < -0.4 is 54.6 Å². The lowest BCUT2D eigenvalue weighted by Gasteiger charge is -2.34. The number of H-pyrrole nitrogens is 1. The van der Waals surface area contributed by atoms with Gasteiger partial charge < -0.3 is 92.6 Å². The molecule has 0 aliphatic carbocycles. The van der Waals surface area contributed by atoms with E-state index in [4.69, 9.17) is 35.2 Å².